The molecule has 0 saturated carbocycles. The van der Waals surface area contributed by atoms with E-state index in [1.54, 1.807) is 31.4 Å². The quantitative estimate of drug-likeness (QED) is 0.313. The average Bonchev–Trinajstić information content (AvgIpc) is 3.38. The molecule has 5 rings (SSSR count). The summed E-state index contributed by atoms with van der Waals surface area (Å²) in [5.74, 6) is 0.531. The highest BCUT2D eigenvalue weighted by Gasteiger charge is 2.19. The first-order chi connectivity index (χ1) is 18.8. The number of fused-ring (bicyclic) bond motifs is 1. The van der Waals surface area contributed by atoms with E-state index in [4.69, 9.17) is 18.9 Å². The van der Waals surface area contributed by atoms with Gasteiger partial charge in [-0.3, -0.25) is 19.3 Å². The second-order valence-electron chi connectivity index (χ2n) is 8.81. The van der Waals surface area contributed by atoms with Gasteiger partial charge in [-0.05, 0) is 30.3 Å². The molecular formula is C26H28FN5O6S. The maximum absolute atomic E-state index is 15.0. The van der Waals surface area contributed by atoms with E-state index in [0.717, 1.165) is 38.9 Å². The number of ether oxygens (including phenoxy) is 4. The summed E-state index contributed by atoms with van der Waals surface area (Å²) < 4.78 is 66.4. The minimum atomic E-state index is -3.97. The lowest BCUT2D eigenvalue weighted by Crippen LogP contribution is -2.38. The van der Waals surface area contributed by atoms with Crippen molar-refractivity contribution >= 4 is 26.6 Å². The fourth-order valence-electron chi connectivity index (χ4n) is 4.11. The van der Waals surface area contributed by atoms with Crippen molar-refractivity contribution < 1.29 is 31.8 Å². The van der Waals surface area contributed by atoms with Crippen LogP contribution < -0.4 is 18.9 Å². The van der Waals surface area contributed by atoms with Gasteiger partial charge in [-0.2, -0.15) is 13.5 Å². The molecule has 2 aromatic heterocycles. The summed E-state index contributed by atoms with van der Waals surface area (Å²) in [6.45, 7) is 4.41. The second-order valence-corrected chi connectivity index (χ2v) is 10.4. The summed E-state index contributed by atoms with van der Waals surface area (Å²) >= 11 is 0. The second kappa shape index (κ2) is 11.4. The fraction of sp³-hybridized carbons (Fsp3) is 0.308. The Hall–Kier alpha value is -3.94. The van der Waals surface area contributed by atoms with Crippen molar-refractivity contribution in [1.82, 2.24) is 19.7 Å². The number of rotatable bonds is 10. The van der Waals surface area contributed by atoms with Crippen LogP contribution in [0.15, 0.2) is 59.9 Å². The number of benzene rings is 2. The molecule has 0 spiro atoms. The molecule has 1 saturated heterocycles. The maximum Gasteiger partial charge on any atom is 0.281 e. The fourth-order valence-corrected chi connectivity index (χ4v) is 5.13. The molecule has 4 aromatic rings. The topological polar surface area (TPSA) is 117 Å². The van der Waals surface area contributed by atoms with Crippen molar-refractivity contribution in [2.24, 2.45) is 7.05 Å². The van der Waals surface area contributed by atoms with Crippen LogP contribution in [0.1, 0.15) is 0 Å². The number of halogens is 1. The number of morpholine rings is 1. The Kier molecular flexibility index (Phi) is 7.82. The minimum absolute atomic E-state index is 0.0330. The van der Waals surface area contributed by atoms with Gasteiger partial charge in [0.05, 0.1) is 31.5 Å². The van der Waals surface area contributed by atoms with Gasteiger partial charge in [0.25, 0.3) is 10.0 Å². The molecule has 0 amide bonds. The Morgan fingerprint density at radius 3 is 2.59 bits per heavy atom. The monoisotopic (exact) mass is 557 g/mol. The molecule has 0 radical (unpaired) electrons. The Labute approximate surface area is 225 Å². The number of sulfonamides is 1. The third-order valence-corrected chi connectivity index (χ3v) is 7.40. The molecule has 0 bridgehead atoms. The normalized spacial score (nSPS) is 14.3. The average molecular weight is 558 g/mol. The summed E-state index contributed by atoms with van der Waals surface area (Å²) in [5.41, 5.74) is 0.612. The molecule has 0 aliphatic carbocycles. The first-order valence-corrected chi connectivity index (χ1v) is 13.7. The molecule has 206 valence electrons. The van der Waals surface area contributed by atoms with Gasteiger partial charge in [0.15, 0.2) is 28.1 Å². The summed E-state index contributed by atoms with van der Waals surface area (Å²) in [5, 5.41) is 4.30. The van der Waals surface area contributed by atoms with E-state index >= 15 is 0 Å². The highest BCUT2D eigenvalue weighted by Crippen LogP contribution is 2.38. The smallest absolute Gasteiger partial charge is 0.281 e. The van der Waals surface area contributed by atoms with Crippen LogP contribution in [-0.2, 0) is 21.8 Å². The molecule has 13 heteroatoms. The summed E-state index contributed by atoms with van der Waals surface area (Å²) in [4.78, 5) is 6.67. The van der Waals surface area contributed by atoms with Crippen LogP contribution in [0, 0.1) is 5.82 Å². The zero-order chi connectivity index (χ0) is 27.4. The van der Waals surface area contributed by atoms with Gasteiger partial charge in [-0.1, -0.05) is 0 Å². The first-order valence-electron chi connectivity index (χ1n) is 12.2. The molecule has 1 N–H and O–H groups in total. The number of aromatic nitrogens is 3. The van der Waals surface area contributed by atoms with E-state index < -0.39 is 15.8 Å². The van der Waals surface area contributed by atoms with Crippen LogP contribution in [0.25, 0.3) is 10.9 Å². The number of nitrogens with one attached hydrogen (secondary N) is 1. The van der Waals surface area contributed by atoms with Crippen LogP contribution in [-0.4, -0.2) is 74.6 Å². The Balaban J connectivity index is 1.32. The van der Waals surface area contributed by atoms with Gasteiger partial charge in [-0.15, -0.1) is 0 Å². The zero-order valence-corrected chi connectivity index (χ0v) is 22.3. The molecule has 3 heterocycles. The van der Waals surface area contributed by atoms with E-state index in [1.165, 1.54) is 36.2 Å². The molecular weight excluding hydrogens is 529 g/mol. The maximum atomic E-state index is 15.0. The zero-order valence-electron chi connectivity index (χ0n) is 21.5. The lowest BCUT2D eigenvalue weighted by atomic mass is 10.1. The van der Waals surface area contributed by atoms with Crippen molar-refractivity contribution in [3.8, 4) is 23.0 Å². The number of anilines is 1. The van der Waals surface area contributed by atoms with Crippen LogP contribution in [0.4, 0.5) is 10.1 Å². The standard InChI is InChI=1S/C26H28FN5O6S/c1-31-8-6-26(29-31)39(33,34)30-18-3-4-23(20(27)15-18)38-22-5-7-28-21-17-25(24(35-2)16-19(21)22)37-14-11-32-9-12-36-13-10-32/h3-8,15-17,30H,9-14H2,1-2H3. The van der Waals surface area contributed by atoms with Crippen molar-refractivity contribution in [2.45, 2.75) is 5.03 Å². The molecule has 11 nitrogen and oxygen atoms in total. The highest BCUT2D eigenvalue weighted by molar-refractivity contribution is 7.92. The lowest BCUT2D eigenvalue weighted by Gasteiger charge is -2.26. The van der Waals surface area contributed by atoms with E-state index in [-0.39, 0.29) is 16.5 Å². The predicted octanol–water partition coefficient (Wildman–Crippen LogP) is 3.42. The van der Waals surface area contributed by atoms with Crippen LogP contribution in [0.5, 0.6) is 23.0 Å². The van der Waals surface area contributed by atoms with E-state index in [1.807, 2.05) is 0 Å². The van der Waals surface area contributed by atoms with Crippen molar-refractivity contribution in [3.05, 3.63) is 60.7 Å². The van der Waals surface area contributed by atoms with Gasteiger partial charge >= 0.3 is 0 Å². The van der Waals surface area contributed by atoms with Gasteiger partial charge in [0.2, 0.25) is 0 Å². The van der Waals surface area contributed by atoms with E-state index in [0.29, 0.717) is 34.8 Å². The first kappa shape index (κ1) is 26.7. The van der Waals surface area contributed by atoms with Crippen LogP contribution >= 0.6 is 0 Å². The molecule has 1 aliphatic rings. The van der Waals surface area contributed by atoms with Crippen molar-refractivity contribution in [1.29, 1.82) is 0 Å². The number of aryl methyl sites for hydroxylation is 1. The number of nitrogens with zero attached hydrogens (tertiary/aromatic N) is 4. The van der Waals surface area contributed by atoms with E-state index in [9.17, 15) is 12.8 Å². The highest BCUT2D eigenvalue weighted by atomic mass is 32.2. The molecule has 0 unspecified atom stereocenters. The molecule has 39 heavy (non-hydrogen) atoms. The third-order valence-electron chi connectivity index (χ3n) is 6.12. The molecule has 1 aliphatic heterocycles. The Morgan fingerprint density at radius 2 is 1.87 bits per heavy atom. The van der Waals surface area contributed by atoms with Gasteiger partial charge < -0.3 is 18.9 Å². The van der Waals surface area contributed by atoms with Gasteiger partial charge in [0, 0.05) is 56.6 Å². The van der Waals surface area contributed by atoms with Crippen molar-refractivity contribution in [2.75, 3.05) is 51.3 Å². The van der Waals surface area contributed by atoms with Crippen LogP contribution in [0.2, 0.25) is 0 Å². The third kappa shape index (κ3) is 6.21. The van der Waals surface area contributed by atoms with Crippen LogP contribution in [0.3, 0.4) is 0 Å². The largest absolute Gasteiger partial charge is 0.493 e. The number of hydrogen-bond acceptors (Lipinski definition) is 9. The molecule has 1 fully saturated rings. The number of hydrogen-bond donors (Lipinski definition) is 1. The number of pyridine rings is 1. The molecule has 0 atom stereocenters. The van der Waals surface area contributed by atoms with Crippen molar-refractivity contribution in [3.63, 3.8) is 0 Å². The minimum Gasteiger partial charge on any atom is -0.493 e. The van der Waals surface area contributed by atoms with E-state index in [2.05, 4.69) is 19.7 Å². The van der Waals surface area contributed by atoms with Gasteiger partial charge in [-0.25, -0.2) is 4.39 Å². The Bertz CT molecular complexity index is 1570. The van der Waals surface area contributed by atoms with Gasteiger partial charge in [0.1, 0.15) is 12.4 Å². The number of methoxy groups -OCH3 is 1. The summed E-state index contributed by atoms with van der Waals surface area (Å²) in [6.07, 6.45) is 3.05. The SMILES string of the molecule is COc1cc2c(Oc3ccc(NS(=O)(=O)c4ccn(C)n4)cc3F)ccnc2cc1OCCN1CCOCC1. The summed E-state index contributed by atoms with van der Waals surface area (Å²) in [6, 6.07) is 10.2. The molecule has 2 aromatic carbocycles. The predicted molar refractivity (Wildman–Crippen MR) is 142 cm³/mol. The Morgan fingerprint density at radius 1 is 1.05 bits per heavy atom. The summed E-state index contributed by atoms with van der Waals surface area (Å²) in [7, 11) is -0.827. The lowest BCUT2D eigenvalue weighted by molar-refractivity contribution is 0.0321.